The van der Waals surface area contributed by atoms with E-state index in [0.717, 1.165) is 25.2 Å². The molecule has 1 saturated heterocycles. The summed E-state index contributed by atoms with van der Waals surface area (Å²) >= 11 is 0. The molecule has 0 amide bonds. The summed E-state index contributed by atoms with van der Waals surface area (Å²) in [6, 6.07) is 3.83. The van der Waals surface area contributed by atoms with E-state index >= 15 is 0 Å². The zero-order valence-electron chi connectivity index (χ0n) is 13.3. The lowest BCUT2D eigenvalue weighted by molar-refractivity contribution is 0.377. The van der Waals surface area contributed by atoms with Crippen molar-refractivity contribution in [3.05, 3.63) is 24.2 Å². The predicted octanol–water partition coefficient (Wildman–Crippen LogP) is 2.23. The molecular formula is C15H20N4O3S. The Kier molecular flexibility index (Phi) is 4.34. The molecule has 7 nitrogen and oxygen atoms in total. The van der Waals surface area contributed by atoms with Crippen molar-refractivity contribution in [3.8, 4) is 11.4 Å². The van der Waals surface area contributed by atoms with Crippen LogP contribution in [0.4, 0.5) is 5.82 Å². The number of pyridine rings is 1. The third-order valence-electron chi connectivity index (χ3n) is 4.12. The van der Waals surface area contributed by atoms with E-state index in [2.05, 4.69) is 20.0 Å². The van der Waals surface area contributed by atoms with Crippen LogP contribution in [0.2, 0.25) is 0 Å². The van der Waals surface area contributed by atoms with Crippen LogP contribution in [-0.4, -0.2) is 42.9 Å². The molecule has 0 aromatic carbocycles. The maximum absolute atomic E-state index is 11.6. The van der Waals surface area contributed by atoms with Gasteiger partial charge < -0.3 is 9.42 Å². The number of piperidine rings is 1. The SMILES string of the molecule is CC(c1nc(-c2ccc(N3CCCCC3)nc2)no1)S(C)(=O)=O. The van der Waals surface area contributed by atoms with Crippen molar-refractivity contribution >= 4 is 15.7 Å². The monoisotopic (exact) mass is 336 g/mol. The molecule has 0 bridgehead atoms. The van der Waals surface area contributed by atoms with Gasteiger partial charge in [0.2, 0.25) is 11.7 Å². The average molecular weight is 336 g/mol. The summed E-state index contributed by atoms with van der Waals surface area (Å²) in [5.74, 6) is 1.40. The van der Waals surface area contributed by atoms with E-state index < -0.39 is 15.1 Å². The van der Waals surface area contributed by atoms with E-state index in [4.69, 9.17) is 4.52 Å². The molecule has 124 valence electrons. The van der Waals surface area contributed by atoms with Crippen molar-refractivity contribution < 1.29 is 12.9 Å². The highest BCUT2D eigenvalue weighted by atomic mass is 32.2. The topological polar surface area (TPSA) is 89.2 Å². The molecule has 0 N–H and O–H groups in total. The summed E-state index contributed by atoms with van der Waals surface area (Å²) in [4.78, 5) is 10.9. The van der Waals surface area contributed by atoms with E-state index in [-0.39, 0.29) is 5.89 Å². The van der Waals surface area contributed by atoms with Crippen LogP contribution < -0.4 is 4.90 Å². The minimum atomic E-state index is -3.26. The number of aromatic nitrogens is 3. The molecule has 1 aliphatic rings. The number of anilines is 1. The van der Waals surface area contributed by atoms with Gasteiger partial charge in [0.1, 0.15) is 11.1 Å². The van der Waals surface area contributed by atoms with Gasteiger partial charge in [-0.2, -0.15) is 4.98 Å². The number of hydrogen-bond acceptors (Lipinski definition) is 7. The van der Waals surface area contributed by atoms with Crippen molar-refractivity contribution in [1.82, 2.24) is 15.1 Å². The third kappa shape index (κ3) is 3.52. The van der Waals surface area contributed by atoms with Crippen LogP contribution in [0.25, 0.3) is 11.4 Å². The zero-order chi connectivity index (χ0) is 16.4. The molecule has 3 heterocycles. The van der Waals surface area contributed by atoms with Crippen LogP contribution in [0, 0.1) is 0 Å². The zero-order valence-corrected chi connectivity index (χ0v) is 14.1. The summed E-state index contributed by atoms with van der Waals surface area (Å²) in [6.45, 7) is 3.60. The van der Waals surface area contributed by atoms with Gasteiger partial charge in [0, 0.05) is 31.1 Å². The van der Waals surface area contributed by atoms with Crippen molar-refractivity contribution in [3.63, 3.8) is 0 Å². The normalized spacial score (nSPS) is 17.2. The van der Waals surface area contributed by atoms with Crippen LogP contribution in [0.1, 0.15) is 37.3 Å². The van der Waals surface area contributed by atoms with Gasteiger partial charge in [-0.25, -0.2) is 13.4 Å². The Balaban J connectivity index is 1.78. The molecule has 0 radical (unpaired) electrons. The lowest BCUT2D eigenvalue weighted by Crippen LogP contribution is -2.29. The van der Waals surface area contributed by atoms with Crippen LogP contribution in [-0.2, 0) is 9.84 Å². The molecule has 2 aromatic heterocycles. The molecule has 1 atom stereocenters. The molecule has 0 aliphatic carbocycles. The summed E-state index contributed by atoms with van der Waals surface area (Å²) in [7, 11) is -3.26. The minimum absolute atomic E-state index is 0.0996. The molecule has 0 saturated carbocycles. The number of sulfone groups is 1. The van der Waals surface area contributed by atoms with Crippen LogP contribution >= 0.6 is 0 Å². The van der Waals surface area contributed by atoms with Gasteiger partial charge >= 0.3 is 0 Å². The second kappa shape index (κ2) is 6.27. The molecule has 0 spiro atoms. The van der Waals surface area contributed by atoms with E-state index in [9.17, 15) is 8.42 Å². The fourth-order valence-electron chi connectivity index (χ4n) is 2.53. The lowest BCUT2D eigenvalue weighted by atomic mass is 10.1. The van der Waals surface area contributed by atoms with Crippen LogP contribution in [0.15, 0.2) is 22.9 Å². The van der Waals surface area contributed by atoms with Gasteiger partial charge in [-0.15, -0.1) is 0 Å². The maximum atomic E-state index is 11.6. The first-order valence-corrected chi connectivity index (χ1v) is 9.64. The van der Waals surface area contributed by atoms with E-state index in [1.165, 1.54) is 26.2 Å². The van der Waals surface area contributed by atoms with Gasteiger partial charge in [-0.05, 0) is 38.3 Å². The van der Waals surface area contributed by atoms with Gasteiger partial charge in [0.25, 0.3) is 0 Å². The maximum Gasteiger partial charge on any atom is 0.244 e. The Morgan fingerprint density at radius 2 is 1.96 bits per heavy atom. The fraction of sp³-hybridized carbons (Fsp3) is 0.533. The average Bonchev–Trinajstić information content (AvgIpc) is 3.04. The summed E-state index contributed by atoms with van der Waals surface area (Å²) in [5.41, 5.74) is 0.710. The Bertz CT molecular complexity index is 764. The van der Waals surface area contributed by atoms with Crippen molar-refractivity contribution in [2.24, 2.45) is 0 Å². The molecule has 1 aliphatic heterocycles. The first kappa shape index (κ1) is 15.9. The van der Waals surface area contributed by atoms with Crippen molar-refractivity contribution in [1.29, 1.82) is 0 Å². The summed E-state index contributed by atoms with van der Waals surface area (Å²) < 4.78 is 28.2. The summed E-state index contributed by atoms with van der Waals surface area (Å²) in [6.07, 6.45) is 6.51. The fourth-order valence-corrected chi connectivity index (χ4v) is 2.99. The third-order valence-corrected chi connectivity index (χ3v) is 5.60. The Hall–Kier alpha value is -1.96. The largest absolute Gasteiger partial charge is 0.357 e. The number of nitrogens with zero attached hydrogens (tertiary/aromatic N) is 4. The highest BCUT2D eigenvalue weighted by Gasteiger charge is 2.24. The standard InChI is InChI=1S/C15H20N4O3S/c1-11(23(2,20)21)15-17-14(18-22-15)12-6-7-13(16-10-12)19-8-4-3-5-9-19/h6-7,10-11H,3-5,8-9H2,1-2H3. The highest BCUT2D eigenvalue weighted by molar-refractivity contribution is 7.90. The van der Waals surface area contributed by atoms with E-state index in [1.807, 2.05) is 12.1 Å². The van der Waals surface area contributed by atoms with Crippen LogP contribution in [0.3, 0.4) is 0 Å². The Morgan fingerprint density at radius 1 is 1.22 bits per heavy atom. The smallest absolute Gasteiger partial charge is 0.244 e. The first-order chi connectivity index (χ1) is 10.9. The van der Waals surface area contributed by atoms with Gasteiger partial charge in [-0.3, -0.25) is 0 Å². The minimum Gasteiger partial charge on any atom is -0.357 e. The van der Waals surface area contributed by atoms with E-state index in [1.54, 1.807) is 6.20 Å². The van der Waals surface area contributed by atoms with Gasteiger partial charge in [-0.1, -0.05) is 5.16 Å². The molecule has 1 unspecified atom stereocenters. The number of hydrogen-bond donors (Lipinski definition) is 0. The Morgan fingerprint density at radius 3 is 2.57 bits per heavy atom. The summed E-state index contributed by atoms with van der Waals surface area (Å²) in [5, 5.41) is 3.04. The van der Waals surface area contributed by atoms with E-state index in [0.29, 0.717) is 11.4 Å². The molecule has 8 heteroatoms. The quantitative estimate of drug-likeness (QED) is 0.845. The molecule has 23 heavy (non-hydrogen) atoms. The molecule has 1 fully saturated rings. The van der Waals surface area contributed by atoms with Crippen molar-refractivity contribution in [2.75, 3.05) is 24.2 Å². The second-order valence-electron chi connectivity index (χ2n) is 5.88. The van der Waals surface area contributed by atoms with Crippen LogP contribution in [0.5, 0.6) is 0 Å². The Labute approximate surface area is 135 Å². The first-order valence-electron chi connectivity index (χ1n) is 7.69. The molecular weight excluding hydrogens is 316 g/mol. The highest BCUT2D eigenvalue weighted by Crippen LogP contribution is 2.24. The molecule has 2 aromatic rings. The predicted molar refractivity (Wildman–Crippen MR) is 86.9 cm³/mol. The lowest BCUT2D eigenvalue weighted by Gasteiger charge is -2.27. The van der Waals surface area contributed by atoms with Gasteiger partial charge in [0.15, 0.2) is 9.84 Å². The number of rotatable bonds is 4. The van der Waals surface area contributed by atoms with Crippen molar-refractivity contribution in [2.45, 2.75) is 31.4 Å². The molecule has 3 rings (SSSR count). The van der Waals surface area contributed by atoms with Gasteiger partial charge in [0.05, 0.1) is 0 Å². The second-order valence-corrected chi connectivity index (χ2v) is 8.25.